The lowest BCUT2D eigenvalue weighted by atomic mass is 10.1. The van der Waals surface area contributed by atoms with Gasteiger partial charge in [0.25, 0.3) is 5.91 Å². The number of aliphatic hydroxyl groups excluding tert-OH is 1. The molecule has 1 atom stereocenters. The molecule has 1 saturated heterocycles. The third kappa shape index (κ3) is 2.49. The third-order valence-corrected chi connectivity index (χ3v) is 2.87. The van der Waals surface area contributed by atoms with Gasteiger partial charge < -0.3 is 14.7 Å². The van der Waals surface area contributed by atoms with Crippen molar-refractivity contribution in [3.05, 3.63) is 35.4 Å². The molecule has 2 rings (SSSR count). The lowest BCUT2D eigenvalue weighted by Gasteiger charge is -2.34. The summed E-state index contributed by atoms with van der Waals surface area (Å²) in [5.74, 6) is -2.49. The van der Waals surface area contributed by atoms with Crippen LogP contribution in [0.3, 0.4) is 0 Å². The molecule has 0 aromatic heterocycles. The summed E-state index contributed by atoms with van der Waals surface area (Å²) in [6, 6.07) is 2.56. The second-order valence-electron chi connectivity index (χ2n) is 4.04. The Morgan fingerprint density at radius 1 is 1.44 bits per heavy atom. The number of carbonyl (C=O) groups is 1. The second kappa shape index (κ2) is 5.41. The van der Waals surface area contributed by atoms with Gasteiger partial charge in [-0.3, -0.25) is 4.79 Å². The summed E-state index contributed by atoms with van der Waals surface area (Å²) in [5.41, 5.74) is 0.0641. The van der Waals surface area contributed by atoms with E-state index in [1.165, 1.54) is 11.0 Å². The summed E-state index contributed by atoms with van der Waals surface area (Å²) >= 11 is 0. The normalized spacial score (nSPS) is 19.9. The van der Waals surface area contributed by atoms with Gasteiger partial charge in [-0.25, -0.2) is 8.78 Å². The van der Waals surface area contributed by atoms with E-state index in [1.54, 1.807) is 0 Å². The van der Waals surface area contributed by atoms with Crippen molar-refractivity contribution in [2.24, 2.45) is 0 Å². The molecule has 1 N–H and O–H groups in total. The first-order valence-electron chi connectivity index (χ1n) is 5.58. The molecule has 0 radical (unpaired) electrons. The molecule has 0 bridgehead atoms. The molecular formula is C12H13F2NO3. The van der Waals surface area contributed by atoms with E-state index >= 15 is 0 Å². The van der Waals surface area contributed by atoms with Gasteiger partial charge in [-0.2, -0.15) is 0 Å². The fraction of sp³-hybridized carbons (Fsp3) is 0.417. The Balaban J connectivity index is 2.21. The molecular weight excluding hydrogens is 244 g/mol. The summed E-state index contributed by atoms with van der Waals surface area (Å²) in [7, 11) is 0. The van der Waals surface area contributed by atoms with Crippen LogP contribution in [0.4, 0.5) is 8.78 Å². The van der Waals surface area contributed by atoms with E-state index in [4.69, 9.17) is 9.84 Å². The summed E-state index contributed by atoms with van der Waals surface area (Å²) in [6.45, 7) is 0.705. The summed E-state index contributed by atoms with van der Waals surface area (Å²) in [5, 5.41) is 9.15. The van der Waals surface area contributed by atoms with Crippen molar-refractivity contribution in [1.29, 1.82) is 0 Å². The first kappa shape index (κ1) is 12.9. The number of benzene rings is 1. The highest BCUT2D eigenvalue weighted by molar-refractivity contribution is 5.94. The molecule has 1 aromatic rings. The van der Waals surface area contributed by atoms with Gasteiger partial charge >= 0.3 is 0 Å². The number of morpholine rings is 1. The number of halogens is 2. The molecule has 98 valence electrons. The van der Waals surface area contributed by atoms with Crippen LogP contribution < -0.4 is 0 Å². The van der Waals surface area contributed by atoms with Gasteiger partial charge in [0.05, 0.1) is 25.9 Å². The quantitative estimate of drug-likeness (QED) is 0.852. The van der Waals surface area contributed by atoms with Crippen LogP contribution in [-0.2, 0) is 4.74 Å². The lowest BCUT2D eigenvalue weighted by Crippen LogP contribution is -2.50. The SMILES string of the molecule is O=C(c1ccc(F)c(F)c1)N1CCOCC1CO. The Kier molecular flexibility index (Phi) is 3.88. The number of hydrogen-bond acceptors (Lipinski definition) is 3. The van der Waals surface area contributed by atoms with E-state index in [1.807, 2.05) is 0 Å². The van der Waals surface area contributed by atoms with Gasteiger partial charge in [-0.05, 0) is 18.2 Å². The summed E-state index contributed by atoms with van der Waals surface area (Å²) < 4.78 is 31.0. The zero-order valence-electron chi connectivity index (χ0n) is 9.60. The standard InChI is InChI=1S/C12H13F2NO3/c13-10-2-1-8(5-11(10)14)12(17)15-3-4-18-7-9(15)6-16/h1-2,5,9,16H,3-4,6-7H2. The van der Waals surface area contributed by atoms with E-state index in [0.717, 1.165) is 12.1 Å². The summed E-state index contributed by atoms with van der Waals surface area (Å²) in [4.78, 5) is 13.5. The van der Waals surface area contributed by atoms with Gasteiger partial charge in [0.2, 0.25) is 0 Å². The van der Waals surface area contributed by atoms with E-state index in [2.05, 4.69) is 0 Å². The van der Waals surface area contributed by atoms with Gasteiger partial charge in [0, 0.05) is 12.1 Å². The van der Waals surface area contributed by atoms with Gasteiger partial charge in [-0.1, -0.05) is 0 Å². The number of nitrogens with zero attached hydrogens (tertiary/aromatic N) is 1. The molecule has 6 heteroatoms. The maximum absolute atomic E-state index is 13.1. The number of ether oxygens (including phenoxy) is 1. The first-order valence-corrected chi connectivity index (χ1v) is 5.58. The smallest absolute Gasteiger partial charge is 0.254 e. The monoisotopic (exact) mass is 257 g/mol. The van der Waals surface area contributed by atoms with Crippen molar-refractivity contribution in [3.63, 3.8) is 0 Å². The fourth-order valence-corrected chi connectivity index (χ4v) is 1.87. The Bertz CT molecular complexity index is 453. The molecule has 0 aliphatic carbocycles. The third-order valence-electron chi connectivity index (χ3n) is 2.87. The molecule has 1 amide bonds. The number of aliphatic hydroxyl groups is 1. The van der Waals surface area contributed by atoms with E-state index in [9.17, 15) is 13.6 Å². The molecule has 1 unspecified atom stereocenters. The molecule has 0 spiro atoms. The van der Waals surface area contributed by atoms with Crippen LogP contribution in [0, 0.1) is 11.6 Å². The average Bonchev–Trinajstić information content (AvgIpc) is 2.41. The number of carbonyl (C=O) groups excluding carboxylic acids is 1. The van der Waals surface area contributed by atoms with E-state index in [0.29, 0.717) is 13.2 Å². The van der Waals surface area contributed by atoms with Crippen molar-refractivity contribution >= 4 is 5.91 Å². The van der Waals surface area contributed by atoms with E-state index in [-0.39, 0.29) is 18.8 Å². The molecule has 18 heavy (non-hydrogen) atoms. The van der Waals surface area contributed by atoms with Gasteiger partial charge in [-0.15, -0.1) is 0 Å². The Morgan fingerprint density at radius 2 is 2.22 bits per heavy atom. The maximum Gasteiger partial charge on any atom is 0.254 e. The van der Waals surface area contributed by atoms with Crippen LogP contribution in [0.1, 0.15) is 10.4 Å². The molecule has 1 fully saturated rings. The largest absolute Gasteiger partial charge is 0.394 e. The predicted octanol–water partition coefficient (Wildman–Crippen LogP) is 0.798. The second-order valence-corrected chi connectivity index (χ2v) is 4.04. The molecule has 1 aliphatic heterocycles. The van der Waals surface area contributed by atoms with Crippen LogP contribution in [-0.4, -0.2) is 48.3 Å². The predicted molar refractivity (Wildman–Crippen MR) is 59.1 cm³/mol. The van der Waals surface area contributed by atoms with Crippen molar-refractivity contribution in [2.45, 2.75) is 6.04 Å². The highest BCUT2D eigenvalue weighted by Gasteiger charge is 2.27. The lowest BCUT2D eigenvalue weighted by molar-refractivity contribution is -0.0184. The molecule has 1 heterocycles. The van der Waals surface area contributed by atoms with Crippen LogP contribution >= 0.6 is 0 Å². The highest BCUT2D eigenvalue weighted by atomic mass is 19.2. The van der Waals surface area contributed by atoms with Crippen molar-refractivity contribution < 1.29 is 23.4 Å². The molecule has 0 saturated carbocycles. The van der Waals surface area contributed by atoms with E-state index < -0.39 is 23.6 Å². The zero-order valence-corrected chi connectivity index (χ0v) is 9.60. The van der Waals surface area contributed by atoms with Crippen LogP contribution in [0.25, 0.3) is 0 Å². The van der Waals surface area contributed by atoms with Crippen molar-refractivity contribution in [2.75, 3.05) is 26.4 Å². The number of hydrogen-bond donors (Lipinski definition) is 1. The Morgan fingerprint density at radius 3 is 2.89 bits per heavy atom. The number of amides is 1. The average molecular weight is 257 g/mol. The molecule has 1 aromatic carbocycles. The van der Waals surface area contributed by atoms with Crippen molar-refractivity contribution in [1.82, 2.24) is 4.90 Å². The minimum absolute atomic E-state index is 0.0641. The van der Waals surface area contributed by atoms with Crippen molar-refractivity contribution in [3.8, 4) is 0 Å². The number of rotatable bonds is 2. The maximum atomic E-state index is 13.1. The molecule has 1 aliphatic rings. The van der Waals surface area contributed by atoms with Crippen LogP contribution in [0.15, 0.2) is 18.2 Å². The topological polar surface area (TPSA) is 49.8 Å². The Labute approximate surface area is 103 Å². The minimum Gasteiger partial charge on any atom is -0.394 e. The zero-order chi connectivity index (χ0) is 13.1. The Hall–Kier alpha value is -1.53. The fourth-order valence-electron chi connectivity index (χ4n) is 1.87. The minimum atomic E-state index is -1.06. The van der Waals surface area contributed by atoms with Crippen LogP contribution in [0.5, 0.6) is 0 Å². The van der Waals surface area contributed by atoms with Gasteiger partial charge in [0.15, 0.2) is 11.6 Å². The summed E-state index contributed by atoms with van der Waals surface area (Å²) in [6.07, 6.45) is 0. The first-order chi connectivity index (χ1) is 8.63. The van der Waals surface area contributed by atoms with Gasteiger partial charge in [0.1, 0.15) is 0 Å². The molecule has 4 nitrogen and oxygen atoms in total. The highest BCUT2D eigenvalue weighted by Crippen LogP contribution is 2.15. The van der Waals surface area contributed by atoms with Crippen LogP contribution in [0.2, 0.25) is 0 Å².